The van der Waals surface area contributed by atoms with Gasteiger partial charge in [0.2, 0.25) is 15.9 Å². The maximum absolute atomic E-state index is 12.5. The Labute approximate surface area is 197 Å². The fraction of sp³-hybridized carbons (Fsp3) is 0.143. The fourth-order valence-corrected chi connectivity index (χ4v) is 4.84. The maximum atomic E-state index is 12.5. The number of rotatable bonds is 8. The van der Waals surface area contributed by atoms with Crippen molar-refractivity contribution in [1.29, 1.82) is 0 Å². The Hall–Kier alpha value is -3.15. The summed E-state index contributed by atoms with van der Waals surface area (Å²) >= 11 is 6.10. The molecule has 0 spiro atoms. The second kappa shape index (κ2) is 9.77. The van der Waals surface area contributed by atoms with E-state index >= 15 is 0 Å². The molecule has 0 aliphatic carbocycles. The average Bonchev–Trinajstić information content (AvgIpc) is 2.74. The minimum absolute atomic E-state index is 0.0294. The molecule has 174 valence electrons. The standard InChI is InChI=1S/C21H21ClN4O5S2/c1-15-6-9-17(13-19(15)22)26(32(2,28)29)14-21(27)24-16-7-10-18(11-8-16)33(30,31)25-20-5-3-4-12-23-20/h3-13H,14H2,1-2H3,(H,23,25)(H,24,27). The molecular formula is C21H21ClN4O5S2. The molecule has 0 aliphatic heterocycles. The van der Waals surface area contributed by atoms with E-state index in [1.807, 2.05) is 0 Å². The van der Waals surface area contributed by atoms with Crippen LogP contribution in [0.1, 0.15) is 5.56 Å². The number of nitrogens with one attached hydrogen (secondary N) is 2. The first-order chi connectivity index (χ1) is 15.5. The summed E-state index contributed by atoms with van der Waals surface area (Å²) in [6, 6.07) is 14.9. The molecule has 3 rings (SSSR count). The van der Waals surface area contributed by atoms with Gasteiger partial charge in [0.25, 0.3) is 10.0 Å². The molecule has 0 saturated carbocycles. The second-order valence-corrected chi connectivity index (χ2v) is 11.1. The summed E-state index contributed by atoms with van der Waals surface area (Å²) in [5.74, 6) is -0.439. The Morgan fingerprint density at radius 1 is 1.03 bits per heavy atom. The van der Waals surface area contributed by atoms with Crippen LogP contribution in [0, 0.1) is 6.92 Å². The Morgan fingerprint density at radius 2 is 1.73 bits per heavy atom. The number of aryl methyl sites for hydroxylation is 1. The van der Waals surface area contributed by atoms with Crippen molar-refractivity contribution < 1.29 is 21.6 Å². The van der Waals surface area contributed by atoms with E-state index in [0.29, 0.717) is 10.7 Å². The van der Waals surface area contributed by atoms with E-state index in [1.165, 1.54) is 42.6 Å². The highest BCUT2D eigenvalue weighted by Crippen LogP contribution is 2.25. The number of amides is 1. The lowest BCUT2D eigenvalue weighted by Crippen LogP contribution is -2.37. The molecule has 0 bridgehead atoms. The lowest BCUT2D eigenvalue weighted by Gasteiger charge is -2.22. The van der Waals surface area contributed by atoms with Gasteiger partial charge in [-0.15, -0.1) is 0 Å². The number of benzene rings is 2. The average molecular weight is 509 g/mol. The van der Waals surface area contributed by atoms with Gasteiger partial charge in [0.05, 0.1) is 16.8 Å². The number of sulfonamides is 2. The van der Waals surface area contributed by atoms with Crippen LogP contribution in [0.25, 0.3) is 0 Å². The molecule has 0 aliphatic rings. The van der Waals surface area contributed by atoms with Crippen LogP contribution in [-0.2, 0) is 24.8 Å². The zero-order valence-electron chi connectivity index (χ0n) is 17.7. The molecular weight excluding hydrogens is 488 g/mol. The molecule has 12 heteroatoms. The van der Waals surface area contributed by atoms with Crippen LogP contribution in [0.5, 0.6) is 0 Å². The Balaban J connectivity index is 1.72. The summed E-state index contributed by atoms with van der Waals surface area (Å²) in [5.41, 5.74) is 1.32. The monoisotopic (exact) mass is 508 g/mol. The second-order valence-electron chi connectivity index (χ2n) is 7.10. The minimum atomic E-state index is -3.87. The van der Waals surface area contributed by atoms with Gasteiger partial charge in [0, 0.05) is 16.9 Å². The molecule has 1 heterocycles. The highest BCUT2D eigenvalue weighted by atomic mass is 35.5. The van der Waals surface area contributed by atoms with Crippen molar-refractivity contribution in [3.8, 4) is 0 Å². The van der Waals surface area contributed by atoms with Gasteiger partial charge in [-0.3, -0.25) is 13.8 Å². The van der Waals surface area contributed by atoms with E-state index in [1.54, 1.807) is 31.2 Å². The Kier molecular flexibility index (Phi) is 7.25. The predicted molar refractivity (Wildman–Crippen MR) is 128 cm³/mol. The number of pyridine rings is 1. The van der Waals surface area contributed by atoms with Crippen LogP contribution in [0.2, 0.25) is 5.02 Å². The summed E-state index contributed by atoms with van der Waals surface area (Å²) in [7, 11) is -7.64. The van der Waals surface area contributed by atoms with Crippen LogP contribution in [0.15, 0.2) is 71.8 Å². The minimum Gasteiger partial charge on any atom is -0.325 e. The van der Waals surface area contributed by atoms with Crippen molar-refractivity contribution in [2.24, 2.45) is 0 Å². The summed E-state index contributed by atoms with van der Waals surface area (Å²) in [6.45, 7) is 1.29. The molecule has 0 atom stereocenters. The topological polar surface area (TPSA) is 126 Å². The molecule has 3 aromatic rings. The van der Waals surface area contributed by atoms with Crippen molar-refractivity contribution in [2.45, 2.75) is 11.8 Å². The number of hydrogen-bond donors (Lipinski definition) is 2. The van der Waals surface area contributed by atoms with E-state index in [4.69, 9.17) is 11.6 Å². The molecule has 2 N–H and O–H groups in total. The van der Waals surface area contributed by atoms with Gasteiger partial charge in [0.15, 0.2) is 0 Å². The fourth-order valence-electron chi connectivity index (χ4n) is 2.81. The first kappa shape index (κ1) is 24.5. The number of carbonyl (C=O) groups excluding carboxylic acids is 1. The van der Waals surface area contributed by atoms with Crippen molar-refractivity contribution in [3.63, 3.8) is 0 Å². The zero-order chi connectivity index (χ0) is 24.2. The van der Waals surface area contributed by atoms with Crippen LogP contribution in [0.3, 0.4) is 0 Å². The highest BCUT2D eigenvalue weighted by molar-refractivity contribution is 7.92. The third-order valence-electron chi connectivity index (χ3n) is 4.48. The quantitative estimate of drug-likeness (QED) is 0.481. The number of anilines is 3. The van der Waals surface area contributed by atoms with Gasteiger partial charge < -0.3 is 5.32 Å². The predicted octanol–water partition coefficient (Wildman–Crippen LogP) is 3.25. The Bertz CT molecular complexity index is 1360. The van der Waals surface area contributed by atoms with Gasteiger partial charge >= 0.3 is 0 Å². The number of halogens is 1. The molecule has 1 amide bonds. The molecule has 33 heavy (non-hydrogen) atoms. The van der Waals surface area contributed by atoms with E-state index in [-0.39, 0.29) is 16.4 Å². The summed E-state index contributed by atoms with van der Waals surface area (Å²) < 4.78 is 52.7. The van der Waals surface area contributed by atoms with Crippen molar-refractivity contribution >= 4 is 54.7 Å². The number of hydrogen-bond acceptors (Lipinski definition) is 6. The van der Waals surface area contributed by atoms with Crippen LogP contribution >= 0.6 is 11.6 Å². The van der Waals surface area contributed by atoms with Crippen LogP contribution < -0.4 is 14.3 Å². The highest BCUT2D eigenvalue weighted by Gasteiger charge is 2.22. The molecule has 0 unspecified atom stereocenters. The SMILES string of the molecule is Cc1ccc(N(CC(=O)Nc2ccc(S(=O)(=O)Nc3ccccn3)cc2)S(C)(=O)=O)cc1Cl. The summed E-state index contributed by atoms with van der Waals surface area (Å²) in [5, 5.41) is 2.94. The third kappa shape index (κ3) is 6.44. The number of carbonyl (C=O) groups is 1. The molecule has 0 fully saturated rings. The summed E-state index contributed by atoms with van der Waals surface area (Å²) in [4.78, 5) is 16.4. The van der Waals surface area contributed by atoms with Gasteiger partial charge in [-0.2, -0.15) is 0 Å². The summed E-state index contributed by atoms with van der Waals surface area (Å²) in [6.07, 6.45) is 2.45. The number of aromatic nitrogens is 1. The van der Waals surface area contributed by atoms with Crippen molar-refractivity contribution in [3.05, 3.63) is 77.4 Å². The van der Waals surface area contributed by atoms with Crippen molar-refractivity contribution in [1.82, 2.24) is 4.98 Å². The van der Waals surface area contributed by atoms with Crippen molar-refractivity contribution in [2.75, 3.05) is 27.1 Å². The molecule has 2 aromatic carbocycles. The van der Waals surface area contributed by atoms with Crippen LogP contribution in [-0.4, -0.2) is 40.5 Å². The normalized spacial score (nSPS) is 11.6. The first-order valence-corrected chi connectivity index (χ1v) is 13.2. The lowest BCUT2D eigenvalue weighted by molar-refractivity contribution is -0.114. The zero-order valence-corrected chi connectivity index (χ0v) is 20.1. The van der Waals surface area contributed by atoms with E-state index in [0.717, 1.165) is 16.1 Å². The number of nitrogens with zero attached hydrogens (tertiary/aromatic N) is 2. The van der Waals surface area contributed by atoms with Gasteiger partial charge in [-0.25, -0.2) is 21.8 Å². The van der Waals surface area contributed by atoms with Gasteiger partial charge in [-0.1, -0.05) is 23.7 Å². The van der Waals surface area contributed by atoms with E-state index < -0.39 is 32.5 Å². The Morgan fingerprint density at radius 3 is 2.30 bits per heavy atom. The smallest absolute Gasteiger partial charge is 0.263 e. The van der Waals surface area contributed by atoms with Gasteiger partial charge in [0.1, 0.15) is 12.4 Å². The molecule has 0 saturated heterocycles. The van der Waals surface area contributed by atoms with Crippen LogP contribution in [0.4, 0.5) is 17.2 Å². The molecule has 9 nitrogen and oxygen atoms in total. The third-order valence-corrected chi connectivity index (χ3v) is 7.40. The maximum Gasteiger partial charge on any atom is 0.263 e. The largest absolute Gasteiger partial charge is 0.325 e. The van der Waals surface area contributed by atoms with Gasteiger partial charge in [-0.05, 0) is 61.0 Å². The lowest BCUT2D eigenvalue weighted by atomic mass is 10.2. The van der Waals surface area contributed by atoms with E-state index in [9.17, 15) is 21.6 Å². The molecule has 1 aromatic heterocycles. The first-order valence-electron chi connectivity index (χ1n) is 9.53. The van der Waals surface area contributed by atoms with E-state index in [2.05, 4.69) is 15.0 Å². The molecule has 0 radical (unpaired) electrons.